The molecule has 1 aromatic heterocycles. The lowest BCUT2D eigenvalue weighted by Crippen LogP contribution is -2.20. The normalized spacial score (nSPS) is 12.3. The molecule has 0 aliphatic rings. The minimum Gasteiger partial charge on any atom is -0.493 e. The molecule has 8 nitrogen and oxygen atoms in total. The summed E-state index contributed by atoms with van der Waals surface area (Å²) in [5.74, 6) is 0.0296. The van der Waals surface area contributed by atoms with Crippen LogP contribution in [0.25, 0.3) is 11.0 Å². The Bertz CT molecular complexity index is 1050. The number of nitrogens with two attached hydrogens (primary N) is 1. The molecular formula is C20H20Cl2N2O6. The first-order valence-corrected chi connectivity index (χ1v) is 9.70. The van der Waals surface area contributed by atoms with E-state index in [0.717, 1.165) is 0 Å². The van der Waals surface area contributed by atoms with E-state index in [1.54, 1.807) is 30.3 Å². The number of benzene rings is 2. The third-order valence-electron chi connectivity index (χ3n) is 4.44. The van der Waals surface area contributed by atoms with Crippen molar-refractivity contribution in [3.05, 3.63) is 57.8 Å². The van der Waals surface area contributed by atoms with Gasteiger partial charge in [-0.05, 0) is 24.3 Å². The Kier molecular flexibility index (Phi) is 7.06. The molecule has 0 aliphatic carbocycles. The molecule has 160 valence electrons. The highest BCUT2D eigenvalue weighted by atomic mass is 35.5. The van der Waals surface area contributed by atoms with Crippen molar-refractivity contribution in [2.75, 3.05) is 25.1 Å². The third kappa shape index (κ3) is 4.80. The fraction of sp³-hybridized carbons (Fsp3) is 0.250. The van der Waals surface area contributed by atoms with Gasteiger partial charge in [0.05, 0.1) is 25.5 Å². The number of aliphatic hydroxyl groups is 3. The number of hydrogen-bond donors (Lipinski definition) is 5. The summed E-state index contributed by atoms with van der Waals surface area (Å²) >= 11 is 12.1. The standard InChI is InChI=1S/C20H20Cl2N2O6/c21-11-1-3-13(15(22)5-11)18(27)19-17(24-20(23)28)14-4-2-12(6-16(14)30-19)29-9-10(7-25)8-26/h1-6,10,18,25-27H,7-9H2,(H3,23,24,28). The van der Waals surface area contributed by atoms with E-state index in [4.69, 9.17) is 48.3 Å². The zero-order valence-corrected chi connectivity index (χ0v) is 17.2. The Morgan fingerprint density at radius 1 is 1.17 bits per heavy atom. The highest BCUT2D eigenvalue weighted by Crippen LogP contribution is 2.40. The fourth-order valence-electron chi connectivity index (χ4n) is 2.87. The van der Waals surface area contributed by atoms with Gasteiger partial charge in [0, 0.05) is 33.0 Å². The van der Waals surface area contributed by atoms with Crippen molar-refractivity contribution in [3.8, 4) is 5.75 Å². The molecule has 0 saturated heterocycles. The highest BCUT2D eigenvalue weighted by molar-refractivity contribution is 6.35. The van der Waals surface area contributed by atoms with Gasteiger partial charge in [0.25, 0.3) is 0 Å². The van der Waals surface area contributed by atoms with Crippen LogP contribution in [0.2, 0.25) is 10.0 Å². The van der Waals surface area contributed by atoms with Crippen LogP contribution in [-0.2, 0) is 0 Å². The number of primary amides is 1. The first-order valence-electron chi connectivity index (χ1n) is 8.94. The summed E-state index contributed by atoms with van der Waals surface area (Å²) in [5.41, 5.74) is 6.14. The minimum absolute atomic E-state index is 0.0359. The molecular weight excluding hydrogens is 435 g/mol. The number of carbonyl (C=O) groups is 1. The van der Waals surface area contributed by atoms with Crippen LogP contribution in [0.5, 0.6) is 5.75 Å². The summed E-state index contributed by atoms with van der Waals surface area (Å²) in [6.45, 7) is -0.337. The van der Waals surface area contributed by atoms with Gasteiger partial charge in [0.15, 0.2) is 5.76 Å². The van der Waals surface area contributed by atoms with Crippen LogP contribution in [0, 0.1) is 5.92 Å². The van der Waals surface area contributed by atoms with E-state index in [1.807, 2.05) is 0 Å². The Morgan fingerprint density at radius 2 is 1.90 bits per heavy atom. The number of amides is 2. The second kappa shape index (κ2) is 9.55. The second-order valence-corrected chi connectivity index (χ2v) is 7.44. The van der Waals surface area contributed by atoms with Gasteiger partial charge in [0.1, 0.15) is 17.4 Å². The van der Waals surface area contributed by atoms with Crippen molar-refractivity contribution < 1.29 is 29.3 Å². The maximum absolute atomic E-state index is 11.5. The van der Waals surface area contributed by atoms with Crippen LogP contribution in [0.1, 0.15) is 17.4 Å². The molecule has 3 aromatic rings. The van der Waals surface area contributed by atoms with Crippen LogP contribution in [0.3, 0.4) is 0 Å². The topological polar surface area (TPSA) is 138 Å². The van der Waals surface area contributed by atoms with Crippen molar-refractivity contribution >= 4 is 45.9 Å². The first kappa shape index (κ1) is 22.2. The minimum atomic E-state index is -1.30. The highest BCUT2D eigenvalue weighted by Gasteiger charge is 2.25. The van der Waals surface area contributed by atoms with Crippen LogP contribution in [-0.4, -0.2) is 41.2 Å². The summed E-state index contributed by atoms with van der Waals surface area (Å²) in [4.78, 5) is 11.5. The van der Waals surface area contributed by atoms with Gasteiger partial charge >= 0.3 is 6.03 Å². The van der Waals surface area contributed by atoms with E-state index in [1.165, 1.54) is 6.07 Å². The van der Waals surface area contributed by atoms with Crippen molar-refractivity contribution in [1.82, 2.24) is 0 Å². The molecule has 0 saturated carbocycles. The number of furan rings is 1. The molecule has 0 spiro atoms. The van der Waals surface area contributed by atoms with Crippen molar-refractivity contribution in [1.29, 1.82) is 0 Å². The number of ether oxygens (including phenoxy) is 1. The van der Waals surface area contributed by atoms with E-state index in [9.17, 15) is 9.90 Å². The van der Waals surface area contributed by atoms with Crippen molar-refractivity contribution in [2.24, 2.45) is 11.7 Å². The number of fused-ring (bicyclic) bond motifs is 1. The Labute approximate surface area is 181 Å². The Morgan fingerprint density at radius 3 is 2.53 bits per heavy atom. The molecule has 2 aromatic carbocycles. The summed E-state index contributed by atoms with van der Waals surface area (Å²) in [5, 5.41) is 32.8. The molecule has 2 amide bonds. The Hall–Kier alpha value is -2.49. The lowest BCUT2D eigenvalue weighted by atomic mass is 10.1. The predicted octanol–water partition coefficient (Wildman–Crippen LogP) is 3.29. The van der Waals surface area contributed by atoms with Crippen LogP contribution >= 0.6 is 23.2 Å². The molecule has 1 unspecified atom stereocenters. The molecule has 0 aliphatic heterocycles. The summed E-state index contributed by atoms with van der Waals surface area (Å²) in [6, 6.07) is 8.59. The molecule has 0 bridgehead atoms. The van der Waals surface area contributed by atoms with Gasteiger partial charge in [-0.2, -0.15) is 0 Å². The number of carbonyl (C=O) groups excluding carboxylic acids is 1. The van der Waals surface area contributed by atoms with Gasteiger partial charge in [-0.1, -0.05) is 29.3 Å². The predicted molar refractivity (Wildman–Crippen MR) is 113 cm³/mol. The van der Waals surface area contributed by atoms with E-state index < -0.39 is 18.1 Å². The summed E-state index contributed by atoms with van der Waals surface area (Å²) in [7, 11) is 0. The monoisotopic (exact) mass is 454 g/mol. The largest absolute Gasteiger partial charge is 0.493 e. The van der Waals surface area contributed by atoms with Crippen LogP contribution in [0.4, 0.5) is 10.5 Å². The van der Waals surface area contributed by atoms with Crippen LogP contribution < -0.4 is 15.8 Å². The zero-order chi connectivity index (χ0) is 21.8. The zero-order valence-electron chi connectivity index (χ0n) is 15.6. The lowest BCUT2D eigenvalue weighted by Gasteiger charge is -2.13. The van der Waals surface area contributed by atoms with Gasteiger partial charge < -0.3 is 35.5 Å². The quantitative estimate of drug-likeness (QED) is 0.353. The summed E-state index contributed by atoms with van der Waals surface area (Å²) < 4.78 is 11.4. The number of rotatable bonds is 8. The number of hydrogen-bond acceptors (Lipinski definition) is 6. The number of halogens is 2. The fourth-order valence-corrected chi connectivity index (χ4v) is 3.38. The maximum Gasteiger partial charge on any atom is 0.316 e. The third-order valence-corrected chi connectivity index (χ3v) is 5.01. The maximum atomic E-state index is 11.5. The van der Waals surface area contributed by atoms with Crippen molar-refractivity contribution in [2.45, 2.75) is 6.10 Å². The number of nitrogens with one attached hydrogen (secondary N) is 1. The van der Waals surface area contributed by atoms with Gasteiger partial charge in [-0.3, -0.25) is 0 Å². The molecule has 0 radical (unpaired) electrons. The molecule has 30 heavy (non-hydrogen) atoms. The second-order valence-electron chi connectivity index (χ2n) is 6.60. The average molecular weight is 455 g/mol. The van der Waals surface area contributed by atoms with E-state index in [-0.39, 0.29) is 36.3 Å². The molecule has 6 N–H and O–H groups in total. The molecule has 10 heteroatoms. The molecule has 1 heterocycles. The van der Waals surface area contributed by atoms with Gasteiger partial charge in [-0.25, -0.2) is 4.79 Å². The number of anilines is 1. The number of urea groups is 1. The van der Waals surface area contributed by atoms with E-state index >= 15 is 0 Å². The van der Waals surface area contributed by atoms with Crippen LogP contribution in [0.15, 0.2) is 40.8 Å². The average Bonchev–Trinajstić information content (AvgIpc) is 3.05. The number of aliphatic hydroxyl groups excluding tert-OH is 3. The first-order chi connectivity index (χ1) is 14.3. The Balaban J connectivity index is 2.01. The molecule has 3 rings (SSSR count). The van der Waals surface area contributed by atoms with E-state index in [2.05, 4.69) is 5.32 Å². The van der Waals surface area contributed by atoms with Gasteiger partial charge in [0.2, 0.25) is 0 Å². The van der Waals surface area contributed by atoms with E-state index in [0.29, 0.717) is 27.3 Å². The van der Waals surface area contributed by atoms with Gasteiger partial charge in [-0.15, -0.1) is 0 Å². The van der Waals surface area contributed by atoms with Crippen molar-refractivity contribution in [3.63, 3.8) is 0 Å². The smallest absolute Gasteiger partial charge is 0.316 e. The summed E-state index contributed by atoms with van der Waals surface area (Å²) in [6.07, 6.45) is -1.30. The molecule has 1 atom stereocenters. The molecule has 0 fully saturated rings. The SMILES string of the molecule is NC(=O)Nc1c(C(O)c2ccc(Cl)cc2Cl)oc2cc(OCC(CO)CO)ccc12. The lowest BCUT2D eigenvalue weighted by molar-refractivity contribution is 0.106.